The smallest absolute Gasteiger partial charge is 0.260 e. The molecule has 0 saturated heterocycles. The summed E-state index contributed by atoms with van der Waals surface area (Å²) in [5.74, 6) is -0.202. The van der Waals surface area contributed by atoms with Crippen molar-refractivity contribution >= 4 is 23.2 Å². The maximum atomic E-state index is 11.4. The average molecular weight is 241 g/mol. The highest BCUT2D eigenvalue weighted by Gasteiger charge is 2.04. The van der Waals surface area contributed by atoms with Crippen LogP contribution in [0.25, 0.3) is 0 Å². The monoisotopic (exact) mass is 241 g/mol. The molecule has 1 aromatic rings. The molecule has 0 aliphatic carbocycles. The number of nitrogens with one attached hydrogen (secondary N) is 3. The number of nitrogens with zero attached hydrogens (tertiary/aromatic N) is 2. The van der Waals surface area contributed by atoms with Crippen molar-refractivity contribution in [1.29, 1.82) is 0 Å². The van der Waals surface area contributed by atoms with Gasteiger partial charge in [0.25, 0.3) is 5.91 Å². The van der Waals surface area contributed by atoms with Gasteiger partial charge in [-0.25, -0.2) is 0 Å². The van der Waals surface area contributed by atoms with Gasteiger partial charge in [0.2, 0.25) is 0 Å². The SMILES string of the molecule is CCNC(=S)NNC(=O)Cn1nccc1C. The molecule has 1 rings (SSSR count). The van der Waals surface area contributed by atoms with Crippen LogP contribution in [0.2, 0.25) is 0 Å². The molecule has 0 saturated carbocycles. The highest BCUT2D eigenvalue weighted by atomic mass is 32.1. The summed E-state index contributed by atoms with van der Waals surface area (Å²) in [6.07, 6.45) is 1.65. The second-order valence-electron chi connectivity index (χ2n) is 3.16. The van der Waals surface area contributed by atoms with Crippen LogP contribution in [0, 0.1) is 6.92 Å². The van der Waals surface area contributed by atoms with E-state index in [1.54, 1.807) is 10.9 Å². The Labute approximate surface area is 99.4 Å². The molecule has 0 atom stereocenters. The molecule has 7 heteroatoms. The molecule has 3 N–H and O–H groups in total. The molecule has 16 heavy (non-hydrogen) atoms. The molecular formula is C9H15N5OS. The van der Waals surface area contributed by atoms with Gasteiger partial charge in [-0.2, -0.15) is 5.10 Å². The minimum Gasteiger partial charge on any atom is -0.362 e. The number of hydrogen-bond donors (Lipinski definition) is 3. The number of thiocarbonyl (C=S) groups is 1. The lowest BCUT2D eigenvalue weighted by Gasteiger charge is -2.10. The number of hydrogen-bond acceptors (Lipinski definition) is 3. The van der Waals surface area contributed by atoms with Crippen LogP contribution >= 0.6 is 12.2 Å². The molecular weight excluding hydrogens is 226 g/mol. The molecule has 0 spiro atoms. The molecule has 0 radical (unpaired) electrons. The number of hydrazine groups is 1. The van der Waals surface area contributed by atoms with E-state index < -0.39 is 0 Å². The lowest BCUT2D eigenvalue weighted by Crippen LogP contribution is -2.47. The van der Waals surface area contributed by atoms with Crippen molar-refractivity contribution in [2.45, 2.75) is 20.4 Å². The Balaban J connectivity index is 2.32. The van der Waals surface area contributed by atoms with Crippen LogP contribution in [0.5, 0.6) is 0 Å². The maximum Gasteiger partial charge on any atom is 0.260 e. The Morgan fingerprint density at radius 1 is 1.56 bits per heavy atom. The lowest BCUT2D eigenvalue weighted by atomic mass is 10.5. The van der Waals surface area contributed by atoms with E-state index in [1.165, 1.54) is 0 Å². The number of rotatable bonds is 3. The minimum atomic E-state index is -0.202. The minimum absolute atomic E-state index is 0.167. The van der Waals surface area contributed by atoms with Gasteiger partial charge in [-0.05, 0) is 32.1 Å². The quantitative estimate of drug-likeness (QED) is 0.501. The molecule has 1 heterocycles. The van der Waals surface area contributed by atoms with Crippen molar-refractivity contribution in [3.63, 3.8) is 0 Å². The molecule has 0 aliphatic rings. The van der Waals surface area contributed by atoms with Crippen molar-refractivity contribution in [2.75, 3.05) is 6.54 Å². The topological polar surface area (TPSA) is 71.0 Å². The van der Waals surface area contributed by atoms with Crippen LogP contribution < -0.4 is 16.2 Å². The number of carbonyl (C=O) groups excluding carboxylic acids is 1. The Bertz CT molecular complexity index is 376. The fourth-order valence-electron chi connectivity index (χ4n) is 1.07. The number of carbonyl (C=O) groups is 1. The summed E-state index contributed by atoms with van der Waals surface area (Å²) in [6, 6.07) is 1.84. The second kappa shape index (κ2) is 6.06. The van der Waals surface area contributed by atoms with Crippen LogP contribution in [0.15, 0.2) is 12.3 Å². The summed E-state index contributed by atoms with van der Waals surface area (Å²) in [7, 11) is 0. The average Bonchev–Trinajstić information content (AvgIpc) is 2.62. The predicted octanol–water partition coefficient (Wildman–Crippen LogP) is -0.293. The van der Waals surface area contributed by atoms with Crippen molar-refractivity contribution in [3.8, 4) is 0 Å². The van der Waals surface area contributed by atoms with Crippen LogP contribution in [0.3, 0.4) is 0 Å². The second-order valence-corrected chi connectivity index (χ2v) is 3.57. The van der Waals surface area contributed by atoms with Crippen LogP contribution in [0.1, 0.15) is 12.6 Å². The van der Waals surface area contributed by atoms with Gasteiger partial charge < -0.3 is 5.32 Å². The van der Waals surface area contributed by atoms with Crippen molar-refractivity contribution < 1.29 is 4.79 Å². The van der Waals surface area contributed by atoms with E-state index in [-0.39, 0.29) is 12.5 Å². The third-order valence-corrected chi connectivity index (χ3v) is 2.12. The van der Waals surface area contributed by atoms with Crippen molar-refractivity contribution in [1.82, 2.24) is 25.9 Å². The van der Waals surface area contributed by atoms with Crippen LogP contribution in [-0.2, 0) is 11.3 Å². The molecule has 1 amide bonds. The molecule has 1 aromatic heterocycles. The largest absolute Gasteiger partial charge is 0.362 e. The van der Waals surface area contributed by atoms with E-state index in [1.807, 2.05) is 19.9 Å². The van der Waals surface area contributed by atoms with Crippen molar-refractivity contribution in [3.05, 3.63) is 18.0 Å². The standard InChI is InChI=1S/C9H15N5OS/c1-3-10-9(16)13-12-8(15)6-14-7(2)4-5-11-14/h4-5H,3,6H2,1-2H3,(H,12,15)(H2,10,13,16). The summed E-state index contributed by atoms with van der Waals surface area (Å²) in [5.41, 5.74) is 6.01. The number of aromatic nitrogens is 2. The van der Waals surface area contributed by atoms with Gasteiger partial charge in [0.1, 0.15) is 6.54 Å². The summed E-state index contributed by atoms with van der Waals surface area (Å²) < 4.78 is 1.60. The first-order chi connectivity index (χ1) is 7.63. The van der Waals surface area contributed by atoms with Crippen LogP contribution in [0.4, 0.5) is 0 Å². The molecule has 6 nitrogen and oxygen atoms in total. The summed E-state index contributed by atoms with van der Waals surface area (Å²) in [4.78, 5) is 11.4. The zero-order valence-electron chi connectivity index (χ0n) is 9.28. The highest BCUT2D eigenvalue weighted by Crippen LogP contribution is 1.94. The Hall–Kier alpha value is -1.63. The first-order valence-corrected chi connectivity index (χ1v) is 5.35. The van der Waals surface area contributed by atoms with E-state index in [0.29, 0.717) is 11.7 Å². The Morgan fingerprint density at radius 2 is 2.31 bits per heavy atom. The molecule has 0 aromatic carbocycles. The molecule has 0 bridgehead atoms. The van der Waals surface area contributed by atoms with E-state index in [2.05, 4.69) is 21.3 Å². The van der Waals surface area contributed by atoms with E-state index >= 15 is 0 Å². The zero-order valence-corrected chi connectivity index (χ0v) is 10.1. The van der Waals surface area contributed by atoms with Crippen molar-refractivity contribution in [2.24, 2.45) is 0 Å². The van der Waals surface area contributed by atoms with E-state index in [0.717, 1.165) is 5.69 Å². The highest BCUT2D eigenvalue weighted by molar-refractivity contribution is 7.80. The Kier molecular flexibility index (Phi) is 4.71. The molecule has 0 fully saturated rings. The van der Waals surface area contributed by atoms with Crippen LogP contribution in [-0.4, -0.2) is 27.3 Å². The fraction of sp³-hybridized carbons (Fsp3) is 0.444. The maximum absolute atomic E-state index is 11.4. The number of aryl methyl sites for hydroxylation is 1. The third kappa shape index (κ3) is 3.85. The van der Waals surface area contributed by atoms with Gasteiger partial charge in [-0.15, -0.1) is 0 Å². The van der Waals surface area contributed by atoms with E-state index in [9.17, 15) is 4.79 Å². The summed E-state index contributed by atoms with van der Waals surface area (Å²) in [5, 5.41) is 7.25. The van der Waals surface area contributed by atoms with Gasteiger partial charge in [0, 0.05) is 18.4 Å². The molecule has 88 valence electrons. The fourth-order valence-corrected chi connectivity index (χ4v) is 1.27. The normalized spacial score (nSPS) is 9.62. The van der Waals surface area contributed by atoms with E-state index in [4.69, 9.17) is 12.2 Å². The predicted molar refractivity (Wildman–Crippen MR) is 64.5 cm³/mol. The van der Waals surface area contributed by atoms with Gasteiger partial charge in [0.05, 0.1) is 0 Å². The zero-order chi connectivity index (χ0) is 12.0. The summed E-state index contributed by atoms with van der Waals surface area (Å²) in [6.45, 7) is 4.68. The van der Waals surface area contributed by atoms with Gasteiger partial charge in [-0.3, -0.25) is 20.3 Å². The van der Waals surface area contributed by atoms with Gasteiger partial charge >= 0.3 is 0 Å². The molecule has 0 unspecified atom stereocenters. The number of amides is 1. The van der Waals surface area contributed by atoms with Gasteiger partial charge in [0.15, 0.2) is 5.11 Å². The lowest BCUT2D eigenvalue weighted by molar-refractivity contribution is -0.122. The first-order valence-electron chi connectivity index (χ1n) is 4.94. The summed E-state index contributed by atoms with van der Waals surface area (Å²) >= 11 is 4.89. The van der Waals surface area contributed by atoms with Gasteiger partial charge in [-0.1, -0.05) is 0 Å². The Morgan fingerprint density at radius 3 is 2.88 bits per heavy atom. The molecule has 0 aliphatic heterocycles. The first kappa shape index (κ1) is 12.4. The third-order valence-electron chi connectivity index (χ3n) is 1.88.